The quantitative estimate of drug-likeness (QED) is 0.830. The van der Waals surface area contributed by atoms with Crippen LogP contribution < -0.4 is 5.32 Å². The molecular weight excluding hydrogens is 246 g/mol. The van der Waals surface area contributed by atoms with Gasteiger partial charge in [-0.3, -0.25) is 0 Å². The van der Waals surface area contributed by atoms with Gasteiger partial charge in [0.25, 0.3) is 0 Å². The van der Waals surface area contributed by atoms with Gasteiger partial charge in [-0.2, -0.15) is 0 Å². The first-order valence-corrected chi connectivity index (χ1v) is 6.89. The van der Waals surface area contributed by atoms with Gasteiger partial charge >= 0.3 is 0 Å². The van der Waals surface area contributed by atoms with Crippen molar-refractivity contribution < 1.29 is 8.42 Å². The second-order valence-electron chi connectivity index (χ2n) is 3.95. The van der Waals surface area contributed by atoms with Gasteiger partial charge in [-0.1, -0.05) is 36.4 Å². The van der Waals surface area contributed by atoms with Crippen molar-refractivity contribution in [1.29, 1.82) is 0 Å². The molecule has 1 N–H and O–H groups in total. The highest BCUT2D eigenvalue weighted by Gasteiger charge is 1.99. The standard InChI is InChI=1S/C14H14NO2S/c1-11-5-7-12(8-6-11)13-3-2-4-14(9-13)15-10-18(16)17/h2-9,15,18H,1,10H2. The topological polar surface area (TPSA) is 46.2 Å². The van der Waals surface area contributed by atoms with E-state index in [1.54, 1.807) is 0 Å². The van der Waals surface area contributed by atoms with E-state index in [9.17, 15) is 8.42 Å². The lowest BCUT2D eigenvalue weighted by atomic mass is 10.0. The van der Waals surface area contributed by atoms with Crippen molar-refractivity contribution in [2.75, 3.05) is 11.2 Å². The third-order valence-corrected chi connectivity index (χ3v) is 2.98. The van der Waals surface area contributed by atoms with Gasteiger partial charge in [0, 0.05) is 5.69 Å². The van der Waals surface area contributed by atoms with Crippen LogP contribution in [-0.4, -0.2) is 14.3 Å². The SMILES string of the molecule is [CH2]c1ccc(-c2cccc(NC[SH](=O)=O)c2)cc1. The van der Waals surface area contributed by atoms with E-state index in [2.05, 4.69) is 12.2 Å². The summed E-state index contributed by atoms with van der Waals surface area (Å²) in [7, 11) is -2.41. The molecule has 2 aromatic rings. The van der Waals surface area contributed by atoms with Crippen molar-refractivity contribution in [3.05, 3.63) is 61.0 Å². The zero-order valence-electron chi connectivity index (χ0n) is 9.80. The summed E-state index contributed by atoms with van der Waals surface area (Å²) in [6.45, 7) is 3.84. The van der Waals surface area contributed by atoms with Crippen molar-refractivity contribution >= 4 is 16.4 Å². The predicted molar refractivity (Wildman–Crippen MR) is 75.1 cm³/mol. The lowest BCUT2D eigenvalue weighted by molar-refractivity contribution is 0.616. The van der Waals surface area contributed by atoms with E-state index in [1.807, 2.05) is 48.5 Å². The van der Waals surface area contributed by atoms with E-state index in [4.69, 9.17) is 0 Å². The van der Waals surface area contributed by atoms with E-state index in [1.165, 1.54) is 0 Å². The van der Waals surface area contributed by atoms with Crippen LogP contribution in [0.2, 0.25) is 0 Å². The number of rotatable bonds is 4. The molecule has 3 nitrogen and oxygen atoms in total. The highest BCUT2D eigenvalue weighted by Crippen LogP contribution is 2.22. The van der Waals surface area contributed by atoms with Crippen LogP contribution >= 0.6 is 0 Å². The zero-order valence-corrected chi connectivity index (χ0v) is 10.7. The molecular formula is C14H14NO2S. The maximum Gasteiger partial charge on any atom is 0.158 e. The van der Waals surface area contributed by atoms with Crippen LogP contribution in [0.1, 0.15) is 5.56 Å². The lowest BCUT2D eigenvalue weighted by Crippen LogP contribution is -2.02. The minimum absolute atomic E-state index is 0.0450. The predicted octanol–water partition coefficient (Wildman–Crippen LogP) is 2.52. The Bertz CT molecular complexity index is 595. The molecule has 0 heterocycles. The molecule has 0 bridgehead atoms. The smallest absolute Gasteiger partial charge is 0.158 e. The number of hydrogen-bond acceptors (Lipinski definition) is 3. The van der Waals surface area contributed by atoms with Crippen LogP contribution in [0.15, 0.2) is 48.5 Å². The molecule has 2 rings (SSSR count). The summed E-state index contributed by atoms with van der Waals surface area (Å²) in [5.74, 6) is -0.0450. The number of thiol groups is 1. The fraction of sp³-hybridized carbons (Fsp3) is 0.0714. The third kappa shape index (κ3) is 3.34. The Morgan fingerprint density at radius 3 is 2.39 bits per heavy atom. The number of benzene rings is 2. The van der Waals surface area contributed by atoms with E-state index in [-0.39, 0.29) is 5.88 Å². The van der Waals surface area contributed by atoms with Crippen molar-refractivity contribution in [2.24, 2.45) is 0 Å². The van der Waals surface area contributed by atoms with Crippen LogP contribution in [0.25, 0.3) is 11.1 Å². The van der Waals surface area contributed by atoms with E-state index >= 15 is 0 Å². The van der Waals surface area contributed by atoms with Gasteiger partial charge < -0.3 is 5.32 Å². The van der Waals surface area contributed by atoms with Gasteiger partial charge in [0.2, 0.25) is 0 Å². The summed E-state index contributed by atoms with van der Waals surface area (Å²) in [6.07, 6.45) is 0. The van der Waals surface area contributed by atoms with Crippen LogP contribution in [0, 0.1) is 6.92 Å². The summed E-state index contributed by atoms with van der Waals surface area (Å²) >= 11 is 0. The average molecular weight is 260 g/mol. The first-order chi connectivity index (χ1) is 8.65. The molecule has 0 fully saturated rings. The Labute approximate surface area is 108 Å². The lowest BCUT2D eigenvalue weighted by Gasteiger charge is -2.06. The summed E-state index contributed by atoms with van der Waals surface area (Å²) in [5.41, 5.74) is 3.89. The van der Waals surface area contributed by atoms with Gasteiger partial charge in [0.1, 0.15) is 5.88 Å². The summed E-state index contributed by atoms with van der Waals surface area (Å²) in [4.78, 5) is 0. The van der Waals surface area contributed by atoms with E-state index in [0.29, 0.717) is 0 Å². The van der Waals surface area contributed by atoms with Crippen LogP contribution in [-0.2, 0) is 10.7 Å². The molecule has 0 saturated carbocycles. The molecule has 0 aliphatic carbocycles. The van der Waals surface area contributed by atoms with Crippen molar-refractivity contribution in [1.82, 2.24) is 0 Å². The fourth-order valence-electron chi connectivity index (χ4n) is 1.66. The molecule has 0 spiro atoms. The Hall–Kier alpha value is -1.81. The van der Waals surface area contributed by atoms with Crippen LogP contribution in [0.3, 0.4) is 0 Å². The molecule has 4 heteroatoms. The highest BCUT2D eigenvalue weighted by atomic mass is 32.2. The second kappa shape index (κ2) is 5.69. The van der Waals surface area contributed by atoms with Gasteiger partial charge in [-0.25, -0.2) is 8.42 Å². The second-order valence-corrected chi connectivity index (χ2v) is 4.93. The summed E-state index contributed by atoms with van der Waals surface area (Å²) in [5, 5.41) is 2.86. The molecule has 2 aromatic carbocycles. The minimum Gasteiger partial charge on any atom is -0.372 e. The van der Waals surface area contributed by atoms with Gasteiger partial charge in [0.05, 0.1) is 0 Å². The first-order valence-electron chi connectivity index (χ1n) is 5.53. The third-order valence-electron chi connectivity index (χ3n) is 2.56. The minimum atomic E-state index is -2.41. The van der Waals surface area contributed by atoms with Crippen molar-refractivity contribution in [3.8, 4) is 11.1 Å². The Kier molecular flexibility index (Phi) is 3.99. The molecule has 1 radical (unpaired) electrons. The monoisotopic (exact) mass is 260 g/mol. The van der Waals surface area contributed by atoms with Crippen molar-refractivity contribution in [2.45, 2.75) is 0 Å². The summed E-state index contributed by atoms with van der Waals surface area (Å²) < 4.78 is 21.1. The number of hydrogen-bond donors (Lipinski definition) is 2. The molecule has 0 aliphatic heterocycles. The molecule has 18 heavy (non-hydrogen) atoms. The molecule has 0 amide bonds. The van der Waals surface area contributed by atoms with Gasteiger partial charge in [-0.05, 0) is 35.7 Å². The number of nitrogens with one attached hydrogen (secondary N) is 1. The Morgan fingerprint density at radius 1 is 1.00 bits per heavy atom. The molecule has 0 unspecified atom stereocenters. The van der Waals surface area contributed by atoms with Crippen LogP contribution in [0.5, 0.6) is 0 Å². The fourth-order valence-corrected chi connectivity index (χ4v) is 1.97. The van der Waals surface area contributed by atoms with Crippen molar-refractivity contribution in [3.63, 3.8) is 0 Å². The molecule has 0 aliphatic rings. The normalized spacial score (nSPS) is 10.6. The van der Waals surface area contributed by atoms with E-state index < -0.39 is 10.7 Å². The molecule has 93 valence electrons. The highest BCUT2D eigenvalue weighted by molar-refractivity contribution is 7.72. The largest absolute Gasteiger partial charge is 0.372 e. The average Bonchev–Trinajstić information content (AvgIpc) is 2.37. The maximum atomic E-state index is 10.5. The Morgan fingerprint density at radius 2 is 1.72 bits per heavy atom. The Balaban J connectivity index is 2.23. The van der Waals surface area contributed by atoms with Gasteiger partial charge in [0.15, 0.2) is 10.7 Å². The van der Waals surface area contributed by atoms with Gasteiger partial charge in [-0.15, -0.1) is 0 Å². The number of anilines is 1. The van der Waals surface area contributed by atoms with Crippen LogP contribution in [0.4, 0.5) is 5.69 Å². The zero-order chi connectivity index (χ0) is 13.0. The first kappa shape index (κ1) is 12.6. The van der Waals surface area contributed by atoms with E-state index in [0.717, 1.165) is 22.4 Å². The molecule has 0 atom stereocenters. The molecule has 0 saturated heterocycles. The maximum absolute atomic E-state index is 10.5. The molecule has 0 aromatic heterocycles. The summed E-state index contributed by atoms with van der Waals surface area (Å²) in [6, 6.07) is 15.5.